The van der Waals surface area contributed by atoms with Gasteiger partial charge in [0.25, 0.3) is 5.56 Å². The number of anilines is 3. The number of hydrogen-bond donors (Lipinski definition) is 6. The first-order chi connectivity index (χ1) is 45.0. The summed E-state index contributed by atoms with van der Waals surface area (Å²) < 4.78 is 26.9. The number of ether oxygens (including phenoxy) is 5. The van der Waals surface area contributed by atoms with Gasteiger partial charge in [0.15, 0.2) is 0 Å². The maximum atomic E-state index is 13.2. The number of nitrogens with zero attached hydrogens (tertiary/aromatic N) is 5. The van der Waals surface area contributed by atoms with Gasteiger partial charge in [-0.1, -0.05) is 72.3 Å². The molecule has 0 atom stereocenters. The zero-order chi connectivity index (χ0) is 65.0. The van der Waals surface area contributed by atoms with Gasteiger partial charge in [-0.2, -0.15) is 0 Å². The number of halogens is 1. The fraction of sp³-hybridized carbons (Fsp3) is 0.282. The number of aryl methyl sites for hydroxylation is 3. The number of fused-ring (bicyclic) bond motifs is 3. The Balaban J connectivity index is 0.000000125. The monoisotopic (exact) mass is 1270 g/mol. The lowest BCUT2D eigenvalue weighted by Crippen LogP contribution is -2.31. The van der Waals surface area contributed by atoms with Crippen molar-refractivity contribution in [1.29, 1.82) is 0 Å². The van der Waals surface area contributed by atoms with Crippen LogP contribution in [0.4, 0.5) is 17.5 Å². The van der Waals surface area contributed by atoms with Gasteiger partial charge < -0.3 is 54.7 Å². The van der Waals surface area contributed by atoms with Crippen molar-refractivity contribution >= 4 is 59.4 Å². The van der Waals surface area contributed by atoms with Crippen LogP contribution in [0.1, 0.15) is 88.6 Å². The van der Waals surface area contributed by atoms with Gasteiger partial charge in [0.05, 0.1) is 72.8 Å². The van der Waals surface area contributed by atoms with Gasteiger partial charge >= 0.3 is 7.12 Å². The molecule has 6 aliphatic rings. The third-order valence-corrected chi connectivity index (χ3v) is 18.2. The van der Waals surface area contributed by atoms with Crippen LogP contribution in [0.25, 0.3) is 22.5 Å². The highest BCUT2D eigenvalue weighted by Crippen LogP contribution is 2.52. The van der Waals surface area contributed by atoms with Crippen LogP contribution >= 0.6 is 11.6 Å². The van der Waals surface area contributed by atoms with Crippen LogP contribution in [0.3, 0.4) is 0 Å². The molecule has 474 valence electrons. The number of pyridine rings is 6. The maximum absolute atomic E-state index is 13.2. The molecule has 0 saturated heterocycles. The second-order valence-corrected chi connectivity index (χ2v) is 24.2. The van der Waals surface area contributed by atoms with E-state index in [2.05, 4.69) is 59.1 Å². The molecule has 22 heteroatoms. The number of aromatic nitrogens is 6. The second kappa shape index (κ2) is 26.7. The van der Waals surface area contributed by atoms with E-state index in [9.17, 15) is 19.2 Å². The van der Waals surface area contributed by atoms with Gasteiger partial charge in [0.1, 0.15) is 39.9 Å². The van der Waals surface area contributed by atoms with Gasteiger partial charge in [0, 0.05) is 43.3 Å². The average Bonchev–Trinajstić information content (AvgIpc) is 1.61. The number of H-pyrrole nitrogens is 1. The summed E-state index contributed by atoms with van der Waals surface area (Å²) in [6.45, 7) is 7.91. The number of hydrogen-bond acceptors (Lipinski definition) is 16. The first kappa shape index (κ1) is 63.2. The summed E-state index contributed by atoms with van der Waals surface area (Å²) in [6.07, 6.45) is 12.5. The van der Waals surface area contributed by atoms with Crippen molar-refractivity contribution in [1.82, 2.24) is 29.9 Å². The number of amides is 3. The van der Waals surface area contributed by atoms with E-state index >= 15 is 0 Å². The van der Waals surface area contributed by atoms with Crippen molar-refractivity contribution in [2.24, 2.45) is 0 Å². The van der Waals surface area contributed by atoms with Crippen molar-refractivity contribution in [3.63, 3.8) is 0 Å². The van der Waals surface area contributed by atoms with E-state index in [0.717, 1.165) is 126 Å². The quantitative estimate of drug-likeness (QED) is 0.0437. The van der Waals surface area contributed by atoms with E-state index in [1.807, 2.05) is 93.6 Å². The average molecular weight is 1270 g/mol. The smallest absolute Gasteiger partial charge is 0.493 e. The lowest BCUT2D eigenvalue weighted by atomic mass is 9.81. The summed E-state index contributed by atoms with van der Waals surface area (Å²) in [5, 5.41) is 26.9. The summed E-state index contributed by atoms with van der Waals surface area (Å²) in [4.78, 5) is 75.5. The number of rotatable bonds is 14. The Morgan fingerprint density at radius 1 is 0.527 bits per heavy atom. The SMILES string of the molecule is COc1ncccc1-c1nc(NC(=O)C2(c3ccc4c(c3)CCO4)CC2)ccc1C.COc1ncccc1B(O)O.Cc1ccc(NC(=O)C2(c3ccc4c(c3)CCO4)CC2)nc1-c1ccc[nH]c1=O.Cc1ccc(NC(=O)C2(c3ccc4c(c3)CCO4)CC2)nc1Cl. The molecule has 9 heterocycles. The van der Waals surface area contributed by atoms with Crippen LogP contribution in [0.15, 0.2) is 151 Å². The molecule has 3 fully saturated rings. The van der Waals surface area contributed by atoms with Crippen molar-refractivity contribution in [3.05, 3.63) is 212 Å². The first-order valence-corrected chi connectivity index (χ1v) is 31.2. The fourth-order valence-corrected chi connectivity index (χ4v) is 12.1. The minimum Gasteiger partial charge on any atom is -0.493 e. The van der Waals surface area contributed by atoms with Crippen molar-refractivity contribution in [2.45, 2.75) is 94.8 Å². The van der Waals surface area contributed by atoms with Crippen molar-refractivity contribution in [2.75, 3.05) is 50.0 Å². The Labute approximate surface area is 542 Å². The second-order valence-electron chi connectivity index (χ2n) is 23.8. The molecule has 3 aliphatic heterocycles. The summed E-state index contributed by atoms with van der Waals surface area (Å²) in [5.41, 5.74) is 10.7. The molecule has 0 spiro atoms. The molecule has 9 aromatic rings. The Bertz CT molecular complexity index is 4400. The van der Waals surface area contributed by atoms with Crippen LogP contribution in [0.2, 0.25) is 5.15 Å². The van der Waals surface area contributed by atoms with Crippen LogP contribution < -0.4 is 50.7 Å². The van der Waals surface area contributed by atoms with Gasteiger partial charge in [-0.05, 0) is 176 Å². The molecular formula is C71H69BClN9O11. The van der Waals surface area contributed by atoms with Crippen LogP contribution in [0.5, 0.6) is 29.0 Å². The predicted molar refractivity (Wildman–Crippen MR) is 354 cm³/mol. The van der Waals surface area contributed by atoms with Crippen LogP contribution in [0, 0.1) is 20.8 Å². The highest BCUT2D eigenvalue weighted by molar-refractivity contribution is 6.59. The molecule has 0 radical (unpaired) electrons. The maximum Gasteiger partial charge on any atom is 0.493 e. The molecule has 0 bridgehead atoms. The predicted octanol–water partition coefficient (Wildman–Crippen LogP) is 9.83. The number of aromatic amines is 1. The molecule has 20 nitrogen and oxygen atoms in total. The van der Waals surface area contributed by atoms with Gasteiger partial charge in [-0.3, -0.25) is 19.2 Å². The highest BCUT2D eigenvalue weighted by Gasteiger charge is 2.54. The molecular weight excluding hydrogens is 1200 g/mol. The van der Waals surface area contributed by atoms with Crippen LogP contribution in [-0.2, 0) is 49.9 Å². The fourth-order valence-electron chi connectivity index (χ4n) is 11.9. The zero-order valence-corrected chi connectivity index (χ0v) is 52.9. The molecule has 6 aromatic heterocycles. The standard InChI is InChI=1S/C24H23N3O3.C23H21N3O3.C18H17ClN2O2.C6H8BNO3/c1-15-5-8-20(26-21(15)18-4-3-12-25-22(18)29-2)27-23(28)24(10-11-24)17-6-7-19-16(14-17)9-13-30-19;1-14-4-7-19(25-20(14)17-3-2-11-24-21(17)27)26-22(28)23(9-10-23)16-5-6-18-15(13-16)8-12-29-18;1-11-2-5-15(20-16(11)19)21-17(22)18(7-8-18)13-3-4-14-12(10-13)6-9-23-14;1-11-6-5(7(9)10)3-2-4-8-6/h3-8,12,14H,9-11,13H2,1-2H3,(H,26,27,28);2-7,11,13H,8-10,12H2,1H3,(H,24,27)(H,25,26,28);2-5,10H,6-9H2,1H3,(H,20,21,22);2-4,9-10H,1H3. The lowest BCUT2D eigenvalue weighted by Gasteiger charge is -2.17. The number of methoxy groups -OCH3 is 2. The van der Waals surface area contributed by atoms with E-state index < -0.39 is 23.4 Å². The summed E-state index contributed by atoms with van der Waals surface area (Å²) in [6, 6.07) is 39.8. The Morgan fingerprint density at radius 3 is 1.34 bits per heavy atom. The zero-order valence-electron chi connectivity index (χ0n) is 52.1. The van der Waals surface area contributed by atoms with E-state index in [1.165, 1.54) is 36.1 Å². The molecule has 3 aromatic carbocycles. The molecule has 3 saturated carbocycles. The summed E-state index contributed by atoms with van der Waals surface area (Å²) in [7, 11) is 1.48. The topological polar surface area (TPSA) is 271 Å². The minimum atomic E-state index is -1.53. The number of carbonyl (C=O) groups is 3. The van der Waals surface area contributed by atoms with Crippen LogP contribution in [-0.4, -0.2) is 98.8 Å². The number of benzene rings is 3. The Kier molecular flexibility index (Phi) is 18.2. The first-order valence-electron chi connectivity index (χ1n) is 30.9. The summed E-state index contributed by atoms with van der Waals surface area (Å²) >= 11 is 6.03. The Hall–Kier alpha value is -9.96. The molecule has 6 N–H and O–H groups in total. The molecule has 0 unspecified atom stereocenters. The third kappa shape index (κ3) is 13.4. The minimum absolute atomic E-state index is 0.0104. The molecule has 15 rings (SSSR count). The number of carbonyl (C=O) groups excluding carboxylic acids is 3. The normalized spacial score (nSPS) is 15.5. The molecule has 3 aliphatic carbocycles. The van der Waals surface area contributed by atoms with E-state index in [-0.39, 0.29) is 34.6 Å². The van der Waals surface area contributed by atoms with E-state index in [0.29, 0.717) is 53.0 Å². The highest BCUT2D eigenvalue weighted by atomic mass is 35.5. The van der Waals surface area contributed by atoms with E-state index in [4.69, 9.17) is 50.3 Å². The van der Waals surface area contributed by atoms with E-state index in [1.54, 1.807) is 49.8 Å². The Morgan fingerprint density at radius 2 is 0.935 bits per heavy atom. The lowest BCUT2D eigenvalue weighted by molar-refractivity contribution is -0.119. The number of nitrogens with one attached hydrogen (secondary N) is 4. The molecule has 3 amide bonds. The third-order valence-electron chi connectivity index (χ3n) is 17.8. The summed E-state index contributed by atoms with van der Waals surface area (Å²) in [5.74, 6) is 4.95. The van der Waals surface area contributed by atoms with Gasteiger partial charge in [-0.15, -0.1) is 0 Å². The van der Waals surface area contributed by atoms with Gasteiger partial charge in [0.2, 0.25) is 29.5 Å². The molecule has 93 heavy (non-hydrogen) atoms. The van der Waals surface area contributed by atoms with Crippen molar-refractivity contribution < 1.29 is 48.1 Å². The largest absolute Gasteiger partial charge is 0.493 e. The van der Waals surface area contributed by atoms with Crippen molar-refractivity contribution in [3.8, 4) is 51.5 Å². The van der Waals surface area contributed by atoms with Gasteiger partial charge in [-0.25, -0.2) is 24.9 Å².